The number of nitriles is 1. The monoisotopic (exact) mass is 238 g/mol. The van der Waals surface area contributed by atoms with Crippen molar-refractivity contribution in [2.45, 2.75) is 13.1 Å². The molecule has 0 saturated carbocycles. The molecule has 90 valence electrons. The second kappa shape index (κ2) is 5.80. The van der Waals surface area contributed by atoms with Crippen molar-refractivity contribution in [3.8, 4) is 6.07 Å². The summed E-state index contributed by atoms with van der Waals surface area (Å²) in [5.41, 5.74) is 8.53. The lowest BCUT2D eigenvalue weighted by molar-refractivity contribution is 1.00. The minimum Gasteiger partial charge on any atom is -0.366 e. The van der Waals surface area contributed by atoms with E-state index in [9.17, 15) is 0 Å². The topological polar surface area (TPSA) is 74.7 Å². The Hall–Kier alpha value is -2.38. The van der Waals surface area contributed by atoms with Gasteiger partial charge in [-0.2, -0.15) is 5.26 Å². The highest BCUT2D eigenvalue weighted by molar-refractivity contribution is 5.43. The molecule has 2 rings (SSSR count). The van der Waals surface area contributed by atoms with Crippen LogP contribution >= 0.6 is 0 Å². The first-order chi connectivity index (χ1) is 8.83. The third-order valence-electron chi connectivity index (χ3n) is 2.69. The van der Waals surface area contributed by atoms with Crippen molar-refractivity contribution < 1.29 is 0 Å². The van der Waals surface area contributed by atoms with Gasteiger partial charge in [0.2, 0.25) is 0 Å². The molecule has 0 aliphatic rings. The molecule has 0 spiro atoms. The summed E-state index contributed by atoms with van der Waals surface area (Å²) in [4.78, 5) is 4.16. The van der Waals surface area contributed by atoms with E-state index in [0.29, 0.717) is 24.5 Å². The second-order valence-corrected chi connectivity index (χ2v) is 3.87. The zero-order valence-electron chi connectivity index (χ0n) is 9.93. The number of aromatic nitrogens is 1. The van der Waals surface area contributed by atoms with Crippen LogP contribution in [-0.4, -0.2) is 4.98 Å². The van der Waals surface area contributed by atoms with Gasteiger partial charge in [0.1, 0.15) is 5.82 Å². The average molecular weight is 238 g/mol. The van der Waals surface area contributed by atoms with E-state index in [4.69, 9.17) is 11.0 Å². The van der Waals surface area contributed by atoms with E-state index in [1.807, 2.05) is 24.3 Å². The van der Waals surface area contributed by atoms with Crippen LogP contribution in [0.2, 0.25) is 0 Å². The standard InChI is InChI=1S/C14H14N4/c15-8-11-5-6-17-14(7-11)18-10-13-4-2-1-3-12(13)9-16/h1-7H,9-10,16H2,(H,17,18). The van der Waals surface area contributed by atoms with Gasteiger partial charge >= 0.3 is 0 Å². The van der Waals surface area contributed by atoms with E-state index in [2.05, 4.69) is 16.4 Å². The van der Waals surface area contributed by atoms with Gasteiger partial charge in [0.15, 0.2) is 0 Å². The van der Waals surface area contributed by atoms with Crippen LogP contribution in [0.1, 0.15) is 16.7 Å². The number of nitrogens with two attached hydrogens (primary N) is 1. The maximum atomic E-state index is 8.81. The summed E-state index contributed by atoms with van der Waals surface area (Å²) >= 11 is 0. The Labute approximate surface area is 106 Å². The van der Waals surface area contributed by atoms with Crippen molar-refractivity contribution in [1.82, 2.24) is 4.98 Å². The van der Waals surface area contributed by atoms with E-state index >= 15 is 0 Å². The number of rotatable bonds is 4. The van der Waals surface area contributed by atoms with Crippen LogP contribution in [-0.2, 0) is 13.1 Å². The van der Waals surface area contributed by atoms with Crippen LogP contribution in [0.15, 0.2) is 42.6 Å². The highest BCUT2D eigenvalue weighted by Crippen LogP contribution is 2.11. The van der Waals surface area contributed by atoms with Crippen molar-refractivity contribution in [2.75, 3.05) is 5.32 Å². The van der Waals surface area contributed by atoms with E-state index < -0.39 is 0 Å². The lowest BCUT2D eigenvalue weighted by atomic mass is 10.1. The summed E-state index contributed by atoms with van der Waals surface area (Å²) in [5, 5.41) is 12.0. The zero-order chi connectivity index (χ0) is 12.8. The third-order valence-corrected chi connectivity index (χ3v) is 2.69. The summed E-state index contributed by atoms with van der Waals surface area (Å²) in [6, 6.07) is 13.5. The number of nitrogens with one attached hydrogen (secondary N) is 1. The molecule has 1 aromatic carbocycles. The Kier molecular flexibility index (Phi) is 3.90. The maximum Gasteiger partial charge on any atom is 0.127 e. The van der Waals surface area contributed by atoms with Crippen LogP contribution in [0.25, 0.3) is 0 Å². The third kappa shape index (κ3) is 2.84. The van der Waals surface area contributed by atoms with Gasteiger partial charge in [-0.05, 0) is 23.3 Å². The molecular weight excluding hydrogens is 224 g/mol. The molecule has 4 nitrogen and oxygen atoms in total. The molecule has 0 saturated heterocycles. The predicted molar refractivity (Wildman–Crippen MR) is 70.6 cm³/mol. The van der Waals surface area contributed by atoms with E-state index in [1.165, 1.54) is 0 Å². The predicted octanol–water partition coefficient (Wildman–Crippen LogP) is 2.02. The first-order valence-corrected chi connectivity index (χ1v) is 5.70. The summed E-state index contributed by atoms with van der Waals surface area (Å²) < 4.78 is 0. The molecule has 0 aliphatic carbocycles. The molecule has 0 unspecified atom stereocenters. The normalized spacial score (nSPS) is 9.78. The Morgan fingerprint density at radius 1 is 1.22 bits per heavy atom. The summed E-state index contributed by atoms with van der Waals surface area (Å²) in [5.74, 6) is 0.695. The van der Waals surface area contributed by atoms with Gasteiger partial charge < -0.3 is 11.1 Å². The Morgan fingerprint density at radius 3 is 2.72 bits per heavy atom. The minimum absolute atomic E-state index is 0.517. The Morgan fingerprint density at radius 2 is 2.00 bits per heavy atom. The van der Waals surface area contributed by atoms with E-state index in [1.54, 1.807) is 18.3 Å². The minimum atomic E-state index is 0.517. The Balaban J connectivity index is 2.09. The van der Waals surface area contributed by atoms with Crippen LogP contribution < -0.4 is 11.1 Å². The smallest absolute Gasteiger partial charge is 0.127 e. The van der Waals surface area contributed by atoms with E-state index in [0.717, 1.165) is 11.1 Å². The Bertz CT molecular complexity index is 572. The second-order valence-electron chi connectivity index (χ2n) is 3.87. The van der Waals surface area contributed by atoms with Gasteiger partial charge in [-0.1, -0.05) is 24.3 Å². The van der Waals surface area contributed by atoms with Crippen molar-refractivity contribution in [3.63, 3.8) is 0 Å². The fraction of sp³-hybridized carbons (Fsp3) is 0.143. The summed E-state index contributed by atoms with van der Waals surface area (Å²) in [6.45, 7) is 1.17. The molecule has 1 heterocycles. The average Bonchev–Trinajstić information content (AvgIpc) is 2.45. The van der Waals surface area contributed by atoms with Gasteiger partial charge in [0.05, 0.1) is 11.6 Å². The largest absolute Gasteiger partial charge is 0.366 e. The molecule has 0 aliphatic heterocycles. The zero-order valence-corrected chi connectivity index (χ0v) is 9.93. The van der Waals surface area contributed by atoms with Crippen LogP contribution in [0.5, 0.6) is 0 Å². The molecule has 3 N–H and O–H groups in total. The molecule has 0 fully saturated rings. The molecule has 0 radical (unpaired) electrons. The van der Waals surface area contributed by atoms with Gasteiger partial charge in [0, 0.05) is 19.3 Å². The SMILES string of the molecule is N#Cc1ccnc(NCc2ccccc2CN)c1. The van der Waals surface area contributed by atoms with Gasteiger partial charge in [-0.3, -0.25) is 0 Å². The van der Waals surface area contributed by atoms with E-state index in [-0.39, 0.29) is 0 Å². The lowest BCUT2D eigenvalue weighted by Gasteiger charge is -2.09. The quantitative estimate of drug-likeness (QED) is 0.854. The van der Waals surface area contributed by atoms with Gasteiger partial charge in [-0.25, -0.2) is 4.98 Å². The summed E-state index contributed by atoms with van der Waals surface area (Å²) in [7, 11) is 0. The molecular formula is C14H14N4. The van der Waals surface area contributed by atoms with Crippen LogP contribution in [0.4, 0.5) is 5.82 Å². The summed E-state index contributed by atoms with van der Waals surface area (Å²) in [6.07, 6.45) is 1.62. The molecule has 0 atom stereocenters. The number of pyridine rings is 1. The fourth-order valence-corrected chi connectivity index (χ4v) is 1.71. The van der Waals surface area contributed by atoms with Crippen molar-refractivity contribution in [1.29, 1.82) is 5.26 Å². The van der Waals surface area contributed by atoms with Crippen molar-refractivity contribution in [2.24, 2.45) is 5.73 Å². The lowest BCUT2D eigenvalue weighted by Crippen LogP contribution is -2.07. The maximum absolute atomic E-state index is 8.81. The highest BCUT2D eigenvalue weighted by Gasteiger charge is 2.01. The number of nitrogens with zero attached hydrogens (tertiary/aromatic N) is 2. The first kappa shape index (κ1) is 12.1. The first-order valence-electron chi connectivity index (χ1n) is 5.70. The molecule has 1 aromatic heterocycles. The molecule has 0 amide bonds. The van der Waals surface area contributed by atoms with Crippen molar-refractivity contribution >= 4 is 5.82 Å². The number of hydrogen-bond donors (Lipinski definition) is 2. The van der Waals surface area contributed by atoms with Crippen LogP contribution in [0, 0.1) is 11.3 Å². The fourth-order valence-electron chi connectivity index (χ4n) is 1.71. The van der Waals surface area contributed by atoms with Gasteiger partial charge in [-0.15, -0.1) is 0 Å². The molecule has 0 bridgehead atoms. The highest BCUT2D eigenvalue weighted by atomic mass is 15.0. The van der Waals surface area contributed by atoms with Crippen molar-refractivity contribution in [3.05, 3.63) is 59.3 Å². The number of hydrogen-bond acceptors (Lipinski definition) is 4. The number of anilines is 1. The van der Waals surface area contributed by atoms with Gasteiger partial charge in [0.25, 0.3) is 0 Å². The molecule has 18 heavy (non-hydrogen) atoms. The molecule has 2 aromatic rings. The van der Waals surface area contributed by atoms with Crippen LogP contribution in [0.3, 0.4) is 0 Å². The molecule has 4 heteroatoms. The number of benzene rings is 1.